The first-order valence-electron chi connectivity index (χ1n) is 9.07. The average molecular weight is 349 g/mol. The number of piperidine rings is 1. The number of rotatable bonds is 6. The minimum absolute atomic E-state index is 0.00458. The third kappa shape index (κ3) is 4.19. The Labute approximate surface area is 147 Å². The standard InChI is InChI=1S/C17H27N5O3/c23-11-7-18-17(25)13-5-9-21(10-6-13)15-3-4-16(20-19-15)22-8-1-2-14(22)12-24/h3-4,13-14,23-24H,1-2,5-12H2,(H,18,25). The van der Waals surface area contributed by atoms with Gasteiger partial charge in [0, 0.05) is 32.1 Å². The number of aliphatic hydroxyl groups is 2. The van der Waals surface area contributed by atoms with Crippen LogP contribution in [0.1, 0.15) is 25.7 Å². The molecule has 3 heterocycles. The first kappa shape index (κ1) is 17.9. The van der Waals surface area contributed by atoms with E-state index in [2.05, 4.69) is 25.3 Å². The Morgan fingerprint density at radius 2 is 1.84 bits per heavy atom. The van der Waals surface area contributed by atoms with Crippen molar-refractivity contribution in [3.05, 3.63) is 12.1 Å². The van der Waals surface area contributed by atoms with Crippen molar-refractivity contribution in [2.45, 2.75) is 31.7 Å². The topological polar surface area (TPSA) is 102 Å². The Kier molecular flexibility index (Phi) is 6.04. The van der Waals surface area contributed by atoms with Gasteiger partial charge in [-0.15, -0.1) is 10.2 Å². The molecule has 138 valence electrons. The first-order chi connectivity index (χ1) is 12.2. The minimum Gasteiger partial charge on any atom is -0.395 e. The van der Waals surface area contributed by atoms with E-state index in [-0.39, 0.29) is 31.1 Å². The highest BCUT2D eigenvalue weighted by Gasteiger charge is 2.27. The Hall–Kier alpha value is -1.93. The molecular formula is C17H27N5O3. The van der Waals surface area contributed by atoms with Crippen molar-refractivity contribution in [1.82, 2.24) is 15.5 Å². The molecule has 1 aromatic rings. The number of nitrogens with zero attached hydrogens (tertiary/aromatic N) is 4. The van der Waals surface area contributed by atoms with E-state index >= 15 is 0 Å². The van der Waals surface area contributed by atoms with E-state index in [1.807, 2.05) is 12.1 Å². The maximum Gasteiger partial charge on any atom is 0.223 e. The lowest BCUT2D eigenvalue weighted by molar-refractivity contribution is -0.125. The summed E-state index contributed by atoms with van der Waals surface area (Å²) in [6.45, 7) is 2.89. The zero-order valence-electron chi connectivity index (χ0n) is 14.5. The average Bonchev–Trinajstić information content (AvgIpc) is 3.15. The SMILES string of the molecule is O=C(NCCO)C1CCN(c2ccc(N3CCCC3CO)nn2)CC1. The number of anilines is 2. The van der Waals surface area contributed by atoms with Gasteiger partial charge in [0.05, 0.1) is 19.3 Å². The van der Waals surface area contributed by atoms with Crippen LogP contribution in [0.4, 0.5) is 11.6 Å². The molecule has 1 amide bonds. The van der Waals surface area contributed by atoms with Crippen LogP contribution in [-0.2, 0) is 4.79 Å². The van der Waals surface area contributed by atoms with Gasteiger partial charge in [-0.05, 0) is 37.8 Å². The van der Waals surface area contributed by atoms with Gasteiger partial charge in [0.1, 0.15) is 0 Å². The molecule has 2 aliphatic heterocycles. The van der Waals surface area contributed by atoms with E-state index in [1.165, 1.54) is 0 Å². The van der Waals surface area contributed by atoms with Crippen LogP contribution in [0.3, 0.4) is 0 Å². The minimum atomic E-state index is -0.0271. The predicted molar refractivity (Wildman–Crippen MR) is 94.5 cm³/mol. The number of aliphatic hydroxyl groups excluding tert-OH is 2. The number of aromatic nitrogens is 2. The van der Waals surface area contributed by atoms with Gasteiger partial charge in [-0.2, -0.15) is 0 Å². The molecule has 2 fully saturated rings. The van der Waals surface area contributed by atoms with Crippen molar-refractivity contribution in [2.24, 2.45) is 5.92 Å². The number of carbonyl (C=O) groups is 1. The Balaban J connectivity index is 1.54. The summed E-state index contributed by atoms with van der Waals surface area (Å²) >= 11 is 0. The molecule has 8 nitrogen and oxygen atoms in total. The van der Waals surface area contributed by atoms with Crippen molar-refractivity contribution >= 4 is 17.5 Å². The molecule has 25 heavy (non-hydrogen) atoms. The maximum atomic E-state index is 12.0. The monoisotopic (exact) mass is 349 g/mol. The van der Waals surface area contributed by atoms with E-state index < -0.39 is 0 Å². The zero-order chi connectivity index (χ0) is 17.6. The summed E-state index contributed by atoms with van der Waals surface area (Å²) in [4.78, 5) is 16.2. The van der Waals surface area contributed by atoms with Crippen LogP contribution >= 0.6 is 0 Å². The second-order valence-corrected chi connectivity index (χ2v) is 6.70. The third-order valence-corrected chi connectivity index (χ3v) is 5.12. The van der Waals surface area contributed by atoms with Crippen molar-refractivity contribution < 1.29 is 15.0 Å². The Bertz CT molecular complexity index is 560. The number of nitrogens with one attached hydrogen (secondary N) is 1. The molecule has 1 aromatic heterocycles. The van der Waals surface area contributed by atoms with Crippen LogP contribution in [0.2, 0.25) is 0 Å². The lowest BCUT2D eigenvalue weighted by atomic mass is 9.96. The highest BCUT2D eigenvalue weighted by molar-refractivity contribution is 5.78. The fourth-order valence-corrected chi connectivity index (χ4v) is 3.66. The summed E-state index contributed by atoms with van der Waals surface area (Å²) in [5.41, 5.74) is 0. The van der Waals surface area contributed by atoms with Crippen LogP contribution in [0.25, 0.3) is 0 Å². The van der Waals surface area contributed by atoms with E-state index in [1.54, 1.807) is 0 Å². The summed E-state index contributed by atoms with van der Waals surface area (Å²) in [7, 11) is 0. The van der Waals surface area contributed by atoms with Crippen molar-refractivity contribution in [3.8, 4) is 0 Å². The first-order valence-corrected chi connectivity index (χ1v) is 9.07. The summed E-state index contributed by atoms with van der Waals surface area (Å²) in [6.07, 6.45) is 3.62. The molecule has 0 radical (unpaired) electrons. The van der Waals surface area contributed by atoms with Gasteiger partial charge in [-0.25, -0.2) is 0 Å². The summed E-state index contributed by atoms with van der Waals surface area (Å²) < 4.78 is 0. The van der Waals surface area contributed by atoms with Gasteiger partial charge in [0.25, 0.3) is 0 Å². The molecule has 3 N–H and O–H groups in total. The second-order valence-electron chi connectivity index (χ2n) is 6.70. The van der Waals surface area contributed by atoms with Gasteiger partial charge >= 0.3 is 0 Å². The third-order valence-electron chi connectivity index (χ3n) is 5.12. The fourth-order valence-electron chi connectivity index (χ4n) is 3.66. The summed E-state index contributed by atoms with van der Waals surface area (Å²) in [5.74, 6) is 1.68. The van der Waals surface area contributed by atoms with Gasteiger partial charge in [-0.1, -0.05) is 0 Å². The fraction of sp³-hybridized carbons (Fsp3) is 0.706. The van der Waals surface area contributed by atoms with Crippen molar-refractivity contribution in [1.29, 1.82) is 0 Å². The lowest BCUT2D eigenvalue weighted by Gasteiger charge is -2.32. The largest absolute Gasteiger partial charge is 0.395 e. The smallest absolute Gasteiger partial charge is 0.223 e. The highest BCUT2D eigenvalue weighted by Crippen LogP contribution is 2.26. The predicted octanol–water partition coefficient (Wildman–Crippen LogP) is -0.237. The van der Waals surface area contributed by atoms with Gasteiger partial charge in [0.15, 0.2) is 11.6 Å². The van der Waals surface area contributed by atoms with Gasteiger partial charge in [0.2, 0.25) is 5.91 Å². The van der Waals surface area contributed by atoms with E-state index in [0.717, 1.165) is 57.0 Å². The van der Waals surface area contributed by atoms with Crippen LogP contribution in [0.15, 0.2) is 12.1 Å². The number of hydrogen-bond acceptors (Lipinski definition) is 7. The quantitative estimate of drug-likeness (QED) is 0.652. The molecule has 0 bridgehead atoms. The molecule has 2 aliphatic rings. The summed E-state index contributed by atoms with van der Waals surface area (Å²) in [5, 5.41) is 29.7. The van der Waals surface area contributed by atoms with Crippen molar-refractivity contribution in [2.75, 3.05) is 49.2 Å². The Morgan fingerprint density at radius 3 is 2.48 bits per heavy atom. The molecule has 1 atom stereocenters. The van der Waals surface area contributed by atoms with Crippen LogP contribution < -0.4 is 15.1 Å². The molecule has 8 heteroatoms. The number of amides is 1. The van der Waals surface area contributed by atoms with Gasteiger partial charge < -0.3 is 25.3 Å². The maximum absolute atomic E-state index is 12.0. The lowest BCUT2D eigenvalue weighted by Crippen LogP contribution is -2.41. The van der Waals surface area contributed by atoms with Crippen LogP contribution in [0.5, 0.6) is 0 Å². The summed E-state index contributed by atoms with van der Waals surface area (Å²) in [6, 6.07) is 4.09. The molecule has 1 unspecified atom stereocenters. The Morgan fingerprint density at radius 1 is 1.12 bits per heavy atom. The molecule has 2 saturated heterocycles. The van der Waals surface area contributed by atoms with Crippen molar-refractivity contribution in [3.63, 3.8) is 0 Å². The van der Waals surface area contributed by atoms with E-state index in [0.29, 0.717) is 6.54 Å². The van der Waals surface area contributed by atoms with Crippen LogP contribution in [0, 0.1) is 5.92 Å². The molecule has 0 aromatic carbocycles. The van der Waals surface area contributed by atoms with Crippen LogP contribution in [-0.4, -0.2) is 71.8 Å². The molecule has 3 rings (SSSR count). The molecule has 0 saturated carbocycles. The van der Waals surface area contributed by atoms with Gasteiger partial charge in [-0.3, -0.25) is 4.79 Å². The molecule has 0 spiro atoms. The second kappa shape index (κ2) is 8.44. The molecule has 0 aliphatic carbocycles. The number of carbonyl (C=O) groups excluding carboxylic acids is 1. The normalized spacial score (nSPS) is 21.6. The van der Waals surface area contributed by atoms with E-state index in [4.69, 9.17) is 5.11 Å². The highest BCUT2D eigenvalue weighted by atomic mass is 16.3. The number of hydrogen-bond donors (Lipinski definition) is 3. The molecular weight excluding hydrogens is 322 g/mol. The van der Waals surface area contributed by atoms with E-state index in [9.17, 15) is 9.90 Å². The zero-order valence-corrected chi connectivity index (χ0v) is 14.5.